The molecule has 2 heterocycles. The van der Waals surface area contributed by atoms with E-state index in [1.807, 2.05) is 24.3 Å². The van der Waals surface area contributed by atoms with Gasteiger partial charge in [0.25, 0.3) is 5.82 Å². The van der Waals surface area contributed by atoms with Gasteiger partial charge in [0.15, 0.2) is 17.2 Å². The van der Waals surface area contributed by atoms with Crippen molar-refractivity contribution in [2.45, 2.75) is 19.4 Å². The molecule has 0 spiro atoms. The molecule has 0 atom stereocenters. The third kappa shape index (κ3) is 2.69. The van der Waals surface area contributed by atoms with E-state index >= 15 is 0 Å². The van der Waals surface area contributed by atoms with Gasteiger partial charge >= 0.3 is 0 Å². The van der Waals surface area contributed by atoms with E-state index in [4.69, 9.17) is 14.2 Å². The van der Waals surface area contributed by atoms with Gasteiger partial charge in [0.1, 0.15) is 17.6 Å². The van der Waals surface area contributed by atoms with Crippen molar-refractivity contribution in [3.8, 4) is 34.2 Å². The van der Waals surface area contributed by atoms with E-state index in [0.29, 0.717) is 0 Å². The molecular weight excluding hydrogens is 328 g/mol. The van der Waals surface area contributed by atoms with Crippen LogP contribution in [0.3, 0.4) is 0 Å². The Kier molecular flexibility index (Phi) is 4.29. The minimum absolute atomic E-state index is 0.734. The van der Waals surface area contributed by atoms with E-state index in [1.165, 1.54) is 12.2 Å². The number of benzene rings is 2. The van der Waals surface area contributed by atoms with Gasteiger partial charge in [-0.1, -0.05) is 0 Å². The molecule has 134 valence electrons. The number of aryl methyl sites for hydroxylation is 1. The predicted octanol–water partition coefficient (Wildman–Crippen LogP) is 3.40. The number of hydrogen-bond donors (Lipinski definition) is 0. The summed E-state index contributed by atoms with van der Waals surface area (Å²) in [5, 5.41) is 0. The molecule has 26 heavy (non-hydrogen) atoms. The summed E-state index contributed by atoms with van der Waals surface area (Å²) in [6, 6.07) is 14.3. The number of ether oxygens (including phenoxy) is 3. The average Bonchev–Trinajstić information content (AvgIpc) is 3.28. The van der Waals surface area contributed by atoms with Crippen LogP contribution >= 0.6 is 0 Å². The quantitative estimate of drug-likeness (QED) is 0.661. The van der Waals surface area contributed by atoms with Crippen molar-refractivity contribution in [1.29, 1.82) is 0 Å². The van der Waals surface area contributed by atoms with Crippen molar-refractivity contribution in [3.63, 3.8) is 0 Å². The molecule has 1 aliphatic heterocycles. The minimum Gasteiger partial charge on any atom is -0.497 e. The maximum absolute atomic E-state index is 5.49. The van der Waals surface area contributed by atoms with Gasteiger partial charge in [-0.2, -0.15) is 4.57 Å². The molecule has 0 amide bonds. The zero-order valence-electron chi connectivity index (χ0n) is 15.4. The molecule has 0 saturated carbocycles. The normalized spacial score (nSPS) is 12.7. The van der Waals surface area contributed by atoms with Crippen LogP contribution in [0.2, 0.25) is 0 Å². The molecule has 0 saturated heterocycles. The summed E-state index contributed by atoms with van der Waals surface area (Å²) in [5.41, 5.74) is 3.37. The second-order valence-electron chi connectivity index (χ2n) is 6.33. The predicted molar refractivity (Wildman–Crippen MR) is 99.4 cm³/mol. The van der Waals surface area contributed by atoms with Crippen LogP contribution in [-0.2, 0) is 13.0 Å². The molecule has 0 fully saturated rings. The number of aromatic nitrogens is 2. The van der Waals surface area contributed by atoms with E-state index in [1.54, 1.807) is 21.3 Å². The molecule has 3 aromatic rings. The Hall–Kier alpha value is -2.95. The molecule has 0 bridgehead atoms. The van der Waals surface area contributed by atoms with E-state index in [2.05, 4.69) is 33.5 Å². The Morgan fingerprint density at radius 2 is 1.65 bits per heavy atom. The summed E-state index contributed by atoms with van der Waals surface area (Å²) in [6.07, 6.45) is 4.48. The summed E-state index contributed by atoms with van der Waals surface area (Å²) in [7, 11) is 5.01. The van der Waals surface area contributed by atoms with Crippen molar-refractivity contribution in [1.82, 2.24) is 4.57 Å². The highest BCUT2D eigenvalue weighted by atomic mass is 16.5. The summed E-state index contributed by atoms with van der Waals surface area (Å²) >= 11 is 0. The molecular formula is C21H23N2O3+. The molecule has 0 N–H and O–H groups in total. The fourth-order valence-electron chi connectivity index (χ4n) is 3.62. The highest BCUT2D eigenvalue weighted by Crippen LogP contribution is 2.34. The molecule has 0 radical (unpaired) electrons. The maximum atomic E-state index is 5.49. The smallest absolute Gasteiger partial charge is 0.262 e. The summed E-state index contributed by atoms with van der Waals surface area (Å²) in [5.74, 6) is 3.65. The number of fused-ring (bicyclic) bond motifs is 1. The van der Waals surface area contributed by atoms with Crippen LogP contribution in [0.1, 0.15) is 12.2 Å². The van der Waals surface area contributed by atoms with Gasteiger partial charge in [-0.25, -0.2) is 4.57 Å². The zero-order valence-corrected chi connectivity index (χ0v) is 15.4. The van der Waals surface area contributed by atoms with Gasteiger partial charge in [0.2, 0.25) is 0 Å². The standard InChI is InChI=1S/C21H23N2O3/c1-24-17-9-7-16(8-10-17)23-18(14-22-12-4-5-21(22)23)15-6-11-19(25-2)20(13-15)26-3/h6-11,13-14H,4-5,12H2,1-3H3/q+1. The van der Waals surface area contributed by atoms with Crippen LogP contribution in [0.4, 0.5) is 0 Å². The summed E-state index contributed by atoms with van der Waals surface area (Å²) in [6.45, 7) is 1.05. The van der Waals surface area contributed by atoms with Crippen LogP contribution in [0, 0.1) is 0 Å². The lowest BCUT2D eigenvalue weighted by Crippen LogP contribution is -2.30. The molecule has 2 aromatic carbocycles. The van der Waals surface area contributed by atoms with Crippen LogP contribution < -0.4 is 18.8 Å². The molecule has 1 aromatic heterocycles. The fraction of sp³-hybridized carbons (Fsp3) is 0.286. The molecule has 5 heteroatoms. The Morgan fingerprint density at radius 3 is 2.35 bits per heavy atom. The summed E-state index contributed by atoms with van der Waals surface area (Å²) in [4.78, 5) is 0. The van der Waals surface area contributed by atoms with Gasteiger partial charge in [0.05, 0.1) is 34.3 Å². The SMILES string of the molecule is COc1ccc(-n2c(-c3ccc(OC)c(OC)c3)c[n+]3c2CCC3)cc1. The Morgan fingerprint density at radius 1 is 0.885 bits per heavy atom. The monoisotopic (exact) mass is 351 g/mol. The zero-order chi connectivity index (χ0) is 18.1. The van der Waals surface area contributed by atoms with Crippen LogP contribution in [0.5, 0.6) is 17.2 Å². The van der Waals surface area contributed by atoms with E-state index in [0.717, 1.165) is 47.2 Å². The topological polar surface area (TPSA) is 36.5 Å². The van der Waals surface area contributed by atoms with Crippen LogP contribution in [-0.4, -0.2) is 25.9 Å². The third-order valence-corrected chi connectivity index (χ3v) is 4.92. The van der Waals surface area contributed by atoms with Crippen LogP contribution in [0.25, 0.3) is 16.9 Å². The number of imidazole rings is 1. The van der Waals surface area contributed by atoms with E-state index in [9.17, 15) is 0 Å². The third-order valence-electron chi connectivity index (χ3n) is 4.92. The Balaban J connectivity index is 1.87. The first-order chi connectivity index (χ1) is 12.7. The lowest BCUT2D eigenvalue weighted by molar-refractivity contribution is -0.689. The highest BCUT2D eigenvalue weighted by molar-refractivity contribution is 5.66. The first-order valence-corrected chi connectivity index (χ1v) is 8.76. The van der Waals surface area contributed by atoms with Crippen molar-refractivity contribution in [2.75, 3.05) is 21.3 Å². The van der Waals surface area contributed by atoms with Crippen molar-refractivity contribution in [2.24, 2.45) is 0 Å². The number of hydrogen-bond acceptors (Lipinski definition) is 3. The van der Waals surface area contributed by atoms with Gasteiger partial charge in [-0.05, 0) is 48.9 Å². The summed E-state index contributed by atoms with van der Waals surface area (Å²) < 4.78 is 20.8. The lowest BCUT2D eigenvalue weighted by atomic mass is 10.1. The molecule has 4 rings (SSSR count). The first-order valence-electron chi connectivity index (χ1n) is 8.76. The number of methoxy groups -OCH3 is 3. The van der Waals surface area contributed by atoms with E-state index in [-0.39, 0.29) is 0 Å². The largest absolute Gasteiger partial charge is 0.497 e. The second-order valence-corrected chi connectivity index (χ2v) is 6.33. The molecule has 0 aliphatic carbocycles. The van der Waals surface area contributed by atoms with Gasteiger partial charge in [-0.3, -0.25) is 0 Å². The fourth-order valence-corrected chi connectivity index (χ4v) is 3.62. The highest BCUT2D eigenvalue weighted by Gasteiger charge is 2.29. The van der Waals surface area contributed by atoms with Gasteiger partial charge in [0, 0.05) is 5.56 Å². The van der Waals surface area contributed by atoms with Gasteiger partial charge < -0.3 is 14.2 Å². The molecule has 1 aliphatic rings. The van der Waals surface area contributed by atoms with Crippen molar-refractivity contribution < 1.29 is 18.8 Å². The van der Waals surface area contributed by atoms with Crippen LogP contribution in [0.15, 0.2) is 48.7 Å². The minimum atomic E-state index is 0.734. The van der Waals surface area contributed by atoms with E-state index < -0.39 is 0 Å². The van der Waals surface area contributed by atoms with Crippen molar-refractivity contribution >= 4 is 0 Å². The average molecular weight is 351 g/mol. The molecule has 0 unspecified atom stereocenters. The number of nitrogens with zero attached hydrogens (tertiary/aromatic N) is 2. The van der Waals surface area contributed by atoms with Gasteiger partial charge in [-0.15, -0.1) is 0 Å². The second kappa shape index (κ2) is 6.75. The Bertz CT molecular complexity index is 929. The first kappa shape index (κ1) is 16.5. The Labute approximate surface area is 153 Å². The molecule has 5 nitrogen and oxygen atoms in total. The lowest BCUT2D eigenvalue weighted by Gasteiger charge is -2.10. The maximum Gasteiger partial charge on any atom is 0.262 e. The number of rotatable bonds is 5. The van der Waals surface area contributed by atoms with Crippen molar-refractivity contribution in [3.05, 3.63) is 54.5 Å².